The predicted octanol–water partition coefficient (Wildman–Crippen LogP) is 0.867. The van der Waals surface area contributed by atoms with Gasteiger partial charge in [-0.2, -0.15) is 0 Å². The van der Waals surface area contributed by atoms with E-state index in [0.29, 0.717) is 17.8 Å². The van der Waals surface area contributed by atoms with Crippen molar-refractivity contribution in [2.24, 2.45) is 0 Å². The standard InChI is InChI=1S/C14H24BNO3/c1-3-5-9-16(4-2)10-11-19-14-8-6-7-13(12-14)15(17)18/h6-8,12,17-18H,3-5,9-11H2,1-2H3. The number of nitrogens with zero attached hydrogens (tertiary/aromatic N) is 1. The van der Waals surface area contributed by atoms with E-state index in [9.17, 15) is 0 Å². The number of hydrogen-bond donors (Lipinski definition) is 2. The Labute approximate surface area is 116 Å². The molecule has 0 fully saturated rings. The van der Waals surface area contributed by atoms with Crippen molar-refractivity contribution >= 4 is 12.6 Å². The second-order valence-electron chi connectivity index (χ2n) is 4.58. The molecule has 0 atom stereocenters. The zero-order valence-corrected chi connectivity index (χ0v) is 11.9. The van der Waals surface area contributed by atoms with E-state index in [1.807, 2.05) is 6.07 Å². The van der Waals surface area contributed by atoms with E-state index in [0.717, 1.165) is 19.6 Å². The summed E-state index contributed by atoms with van der Waals surface area (Å²) in [5.74, 6) is 0.678. The molecule has 0 aliphatic heterocycles. The van der Waals surface area contributed by atoms with Crippen molar-refractivity contribution in [2.75, 3.05) is 26.2 Å². The number of likely N-dealkylation sites (N-methyl/N-ethyl adjacent to an activating group) is 1. The molecule has 0 unspecified atom stereocenters. The van der Waals surface area contributed by atoms with Crippen LogP contribution in [0.5, 0.6) is 5.75 Å². The minimum atomic E-state index is -1.44. The van der Waals surface area contributed by atoms with Crippen LogP contribution in [0.25, 0.3) is 0 Å². The molecular weight excluding hydrogens is 241 g/mol. The highest BCUT2D eigenvalue weighted by atomic mass is 16.5. The molecule has 1 aromatic carbocycles. The minimum Gasteiger partial charge on any atom is -0.492 e. The maximum absolute atomic E-state index is 9.09. The van der Waals surface area contributed by atoms with Crippen molar-refractivity contribution in [2.45, 2.75) is 26.7 Å². The summed E-state index contributed by atoms with van der Waals surface area (Å²) in [6.45, 7) is 7.98. The lowest BCUT2D eigenvalue weighted by atomic mass is 9.80. The van der Waals surface area contributed by atoms with E-state index < -0.39 is 7.12 Å². The van der Waals surface area contributed by atoms with Gasteiger partial charge in [-0.3, -0.25) is 0 Å². The summed E-state index contributed by atoms with van der Waals surface area (Å²) in [5, 5.41) is 18.2. The summed E-state index contributed by atoms with van der Waals surface area (Å²) in [4.78, 5) is 2.36. The summed E-state index contributed by atoms with van der Waals surface area (Å²) < 4.78 is 5.65. The lowest BCUT2D eigenvalue weighted by Crippen LogP contribution is -2.30. The molecule has 19 heavy (non-hydrogen) atoms. The van der Waals surface area contributed by atoms with Crippen LogP contribution in [0.2, 0.25) is 0 Å². The van der Waals surface area contributed by atoms with E-state index in [2.05, 4.69) is 18.7 Å². The van der Waals surface area contributed by atoms with Crippen molar-refractivity contribution in [3.8, 4) is 5.75 Å². The van der Waals surface area contributed by atoms with Gasteiger partial charge in [-0.15, -0.1) is 0 Å². The molecule has 0 aromatic heterocycles. The van der Waals surface area contributed by atoms with Crippen molar-refractivity contribution in [3.63, 3.8) is 0 Å². The molecule has 4 nitrogen and oxygen atoms in total. The molecule has 0 aliphatic carbocycles. The Morgan fingerprint density at radius 2 is 2.00 bits per heavy atom. The monoisotopic (exact) mass is 265 g/mol. The summed E-state index contributed by atoms with van der Waals surface area (Å²) in [5.41, 5.74) is 0.454. The molecule has 0 amide bonds. The molecule has 0 heterocycles. The van der Waals surface area contributed by atoms with E-state index in [1.165, 1.54) is 12.8 Å². The Morgan fingerprint density at radius 1 is 1.21 bits per heavy atom. The summed E-state index contributed by atoms with van der Waals surface area (Å²) in [6.07, 6.45) is 2.41. The zero-order chi connectivity index (χ0) is 14.1. The fourth-order valence-electron chi connectivity index (χ4n) is 1.87. The molecule has 0 aliphatic rings. The van der Waals surface area contributed by atoms with Gasteiger partial charge in [0.25, 0.3) is 0 Å². The molecule has 0 radical (unpaired) electrons. The van der Waals surface area contributed by atoms with Crippen LogP contribution in [0, 0.1) is 0 Å². The van der Waals surface area contributed by atoms with Gasteiger partial charge in [0.05, 0.1) is 0 Å². The molecule has 1 rings (SSSR count). The fourth-order valence-corrected chi connectivity index (χ4v) is 1.87. The first kappa shape index (κ1) is 16.0. The molecule has 0 bridgehead atoms. The van der Waals surface area contributed by atoms with Gasteiger partial charge in [-0.05, 0) is 37.1 Å². The highest BCUT2D eigenvalue weighted by molar-refractivity contribution is 6.58. The van der Waals surface area contributed by atoms with Crippen molar-refractivity contribution in [1.82, 2.24) is 4.90 Å². The van der Waals surface area contributed by atoms with Gasteiger partial charge in [0, 0.05) is 6.54 Å². The highest BCUT2D eigenvalue weighted by Gasteiger charge is 2.11. The number of rotatable bonds is 9. The van der Waals surface area contributed by atoms with Crippen LogP contribution in [0.15, 0.2) is 24.3 Å². The lowest BCUT2D eigenvalue weighted by molar-refractivity contribution is 0.213. The number of ether oxygens (including phenoxy) is 1. The number of benzene rings is 1. The third kappa shape index (κ3) is 6.10. The van der Waals surface area contributed by atoms with Gasteiger partial charge in [-0.1, -0.05) is 32.4 Å². The Bertz CT molecular complexity index is 360. The largest absolute Gasteiger partial charge is 0.492 e. The second kappa shape index (κ2) is 8.96. The van der Waals surface area contributed by atoms with Crippen LogP contribution in [-0.2, 0) is 0 Å². The Kier molecular flexibility index (Phi) is 7.56. The normalized spacial score (nSPS) is 10.8. The molecule has 106 valence electrons. The highest BCUT2D eigenvalue weighted by Crippen LogP contribution is 2.07. The van der Waals surface area contributed by atoms with Crippen LogP contribution in [0.4, 0.5) is 0 Å². The maximum Gasteiger partial charge on any atom is 0.488 e. The lowest BCUT2D eigenvalue weighted by Gasteiger charge is -2.20. The molecule has 0 spiro atoms. The SMILES string of the molecule is CCCCN(CC)CCOc1cccc(B(O)O)c1. The molecule has 2 N–H and O–H groups in total. The van der Waals surface area contributed by atoms with Gasteiger partial charge in [0.1, 0.15) is 12.4 Å². The third-order valence-electron chi connectivity index (χ3n) is 3.11. The van der Waals surface area contributed by atoms with Crippen LogP contribution in [0.3, 0.4) is 0 Å². The molecular formula is C14H24BNO3. The van der Waals surface area contributed by atoms with E-state index in [4.69, 9.17) is 14.8 Å². The molecule has 1 aromatic rings. The third-order valence-corrected chi connectivity index (χ3v) is 3.11. The Hall–Kier alpha value is -1.04. The van der Waals surface area contributed by atoms with Gasteiger partial charge < -0.3 is 19.7 Å². The van der Waals surface area contributed by atoms with E-state index in [-0.39, 0.29) is 0 Å². The number of hydrogen-bond acceptors (Lipinski definition) is 4. The second-order valence-corrected chi connectivity index (χ2v) is 4.58. The summed E-state index contributed by atoms with van der Waals surface area (Å²) in [6, 6.07) is 6.91. The average Bonchev–Trinajstić information content (AvgIpc) is 2.43. The fraction of sp³-hybridized carbons (Fsp3) is 0.571. The van der Waals surface area contributed by atoms with E-state index in [1.54, 1.807) is 18.2 Å². The first-order chi connectivity index (χ1) is 9.17. The molecule has 5 heteroatoms. The predicted molar refractivity (Wildman–Crippen MR) is 78.8 cm³/mol. The first-order valence-electron chi connectivity index (χ1n) is 6.98. The molecule has 0 saturated carbocycles. The van der Waals surface area contributed by atoms with Crippen LogP contribution in [0.1, 0.15) is 26.7 Å². The maximum atomic E-state index is 9.09. The van der Waals surface area contributed by atoms with Crippen molar-refractivity contribution < 1.29 is 14.8 Å². The van der Waals surface area contributed by atoms with E-state index >= 15 is 0 Å². The first-order valence-corrected chi connectivity index (χ1v) is 6.98. The van der Waals surface area contributed by atoms with Gasteiger partial charge in [0.2, 0.25) is 0 Å². The smallest absolute Gasteiger partial charge is 0.488 e. The summed E-state index contributed by atoms with van der Waals surface area (Å²) in [7, 11) is -1.44. The average molecular weight is 265 g/mol. The van der Waals surface area contributed by atoms with Crippen LogP contribution >= 0.6 is 0 Å². The van der Waals surface area contributed by atoms with Crippen LogP contribution < -0.4 is 10.2 Å². The number of unbranched alkanes of at least 4 members (excludes halogenated alkanes) is 1. The molecule has 0 saturated heterocycles. The Morgan fingerprint density at radius 3 is 2.63 bits per heavy atom. The van der Waals surface area contributed by atoms with Crippen LogP contribution in [-0.4, -0.2) is 48.3 Å². The van der Waals surface area contributed by atoms with Crippen molar-refractivity contribution in [1.29, 1.82) is 0 Å². The van der Waals surface area contributed by atoms with Gasteiger partial charge in [-0.25, -0.2) is 0 Å². The van der Waals surface area contributed by atoms with Gasteiger partial charge >= 0.3 is 7.12 Å². The summed E-state index contributed by atoms with van der Waals surface area (Å²) >= 11 is 0. The quantitative estimate of drug-likeness (QED) is 0.650. The Balaban J connectivity index is 2.37. The minimum absolute atomic E-state index is 0.454. The topological polar surface area (TPSA) is 52.9 Å². The van der Waals surface area contributed by atoms with Crippen molar-refractivity contribution in [3.05, 3.63) is 24.3 Å². The zero-order valence-electron chi connectivity index (χ0n) is 11.9. The van der Waals surface area contributed by atoms with Gasteiger partial charge in [0.15, 0.2) is 0 Å².